The predicted octanol–water partition coefficient (Wildman–Crippen LogP) is 5.64. The second-order valence-electron chi connectivity index (χ2n) is 8.88. The van der Waals surface area contributed by atoms with Crippen LogP contribution in [0, 0.1) is 11.8 Å². The highest BCUT2D eigenvalue weighted by Gasteiger charge is 2.27. The monoisotopic (exact) mass is 444 g/mol. The van der Waals surface area contributed by atoms with Gasteiger partial charge in [-0.1, -0.05) is 57.1 Å². The third-order valence-corrected chi connectivity index (χ3v) is 6.43. The van der Waals surface area contributed by atoms with Gasteiger partial charge in [-0.25, -0.2) is 4.98 Å². The number of aromatic amines is 1. The average Bonchev–Trinajstić information content (AvgIpc) is 3.07. The van der Waals surface area contributed by atoms with Gasteiger partial charge in [0, 0.05) is 29.0 Å². The van der Waals surface area contributed by atoms with E-state index >= 15 is 0 Å². The number of anilines is 1. The molecule has 6 heteroatoms. The molecular weight excluding hydrogens is 412 g/mol. The molecule has 1 saturated carbocycles. The zero-order chi connectivity index (χ0) is 23.2. The molecule has 2 amide bonds. The van der Waals surface area contributed by atoms with Crippen molar-refractivity contribution in [3.8, 4) is 0 Å². The summed E-state index contributed by atoms with van der Waals surface area (Å²) in [5, 5.41) is 5.89. The summed E-state index contributed by atoms with van der Waals surface area (Å²) in [6.07, 6.45) is 17.2. The van der Waals surface area contributed by atoms with Gasteiger partial charge in [0.15, 0.2) is 0 Å². The van der Waals surface area contributed by atoms with Crippen molar-refractivity contribution in [1.82, 2.24) is 15.3 Å². The van der Waals surface area contributed by atoms with Crippen molar-refractivity contribution in [2.75, 3.05) is 5.32 Å². The van der Waals surface area contributed by atoms with E-state index in [1.807, 2.05) is 55.5 Å². The van der Waals surface area contributed by atoms with Gasteiger partial charge in [0.05, 0.1) is 11.0 Å². The Hall–Kier alpha value is -3.41. The highest BCUT2D eigenvalue weighted by atomic mass is 16.2. The molecule has 1 heterocycles. The molecule has 4 rings (SSSR count). The second-order valence-corrected chi connectivity index (χ2v) is 8.88. The minimum absolute atomic E-state index is 0.0868. The Balaban J connectivity index is 1.49. The van der Waals surface area contributed by atoms with Crippen molar-refractivity contribution in [3.05, 3.63) is 66.2 Å². The number of hydrogen-bond acceptors (Lipinski definition) is 3. The number of hydrogen-bond donors (Lipinski definition) is 3. The first-order valence-electron chi connectivity index (χ1n) is 11.9. The van der Waals surface area contributed by atoms with Gasteiger partial charge in [0.1, 0.15) is 5.82 Å². The molecular formula is C27H32N4O2. The van der Waals surface area contributed by atoms with E-state index in [-0.39, 0.29) is 17.7 Å². The number of amides is 2. The molecule has 0 spiro atoms. The molecule has 0 saturated heterocycles. The highest BCUT2D eigenvalue weighted by Crippen LogP contribution is 2.31. The highest BCUT2D eigenvalue weighted by molar-refractivity contribution is 5.96. The normalized spacial score (nSPS) is 20.9. The lowest BCUT2D eigenvalue weighted by molar-refractivity contribution is -0.122. The van der Waals surface area contributed by atoms with E-state index in [1.165, 1.54) is 6.42 Å². The quantitative estimate of drug-likeness (QED) is 0.539. The summed E-state index contributed by atoms with van der Waals surface area (Å²) in [7, 11) is 0. The lowest BCUT2D eigenvalue weighted by Gasteiger charge is -2.27. The lowest BCUT2D eigenvalue weighted by Crippen LogP contribution is -2.30. The van der Waals surface area contributed by atoms with E-state index in [0.717, 1.165) is 53.8 Å². The molecule has 0 aliphatic heterocycles. The Morgan fingerprint density at radius 3 is 2.88 bits per heavy atom. The minimum Gasteiger partial charge on any atom is -0.338 e. The van der Waals surface area contributed by atoms with Crippen LogP contribution >= 0.6 is 0 Å². The topological polar surface area (TPSA) is 86.9 Å². The fourth-order valence-electron chi connectivity index (χ4n) is 4.46. The van der Waals surface area contributed by atoms with Crippen molar-refractivity contribution < 1.29 is 9.59 Å². The SMILES string of the molecule is CC/C=C/NC(=O)C1=CC=C(c2nc3ccc(NC(=O)C4CCCCC4C)cc3[nH]2)C=CC1. The van der Waals surface area contributed by atoms with Crippen molar-refractivity contribution >= 4 is 34.1 Å². The summed E-state index contributed by atoms with van der Waals surface area (Å²) in [5.74, 6) is 1.26. The number of carbonyl (C=O) groups is 2. The Morgan fingerprint density at radius 2 is 2.06 bits per heavy atom. The molecule has 1 aromatic carbocycles. The fraction of sp³-hybridized carbons (Fsp3) is 0.370. The van der Waals surface area contributed by atoms with E-state index in [2.05, 4.69) is 22.5 Å². The summed E-state index contributed by atoms with van der Waals surface area (Å²) in [4.78, 5) is 33.2. The first-order chi connectivity index (χ1) is 16.0. The number of rotatable bonds is 6. The van der Waals surface area contributed by atoms with Crippen LogP contribution < -0.4 is 10.6 Å². The van der Waals surface area contributed by atoms with Gasteiger partial charge in [0.25, 0.3) is 5.91 Å². The zero-order valence-electron chi connectivity index (χ0n) is 19.4. The Morgan fingerprint density at radius 1 is 1.21 bits per heavy atom. The van der Waals surface area contributed by atoms with Crippen LogP contribution in [0.3, 0.4) is 0 Å². The van der Waals surface area contributed by atoms with Gasteiger partial charge >= 0.3 is 0 Å². The Bertz CT molecular complexity index is 1150. The van der Waals surface area contributed by atoms with Gasteiger partial charge in [-0.15, -0.1) is 0 Å². The van der Waals surface area contributed by atoms with Crippen LogP contribution in [0.2, 0.25) is 0 Å². The number of aromatic nitrogens is 2. The number of imidazole rings is 1. The van der Waals surface area contributed by atoms with E-state index < -0.39 is 0 Å². The number of fused-ring (bicyclic) bond motifs is 1. The molecule has 2 aromatic rings. The Labute approximate surface area is 194 Å². The van der Waals surface area contributed by atoms with Crippen LogP contribution in [-0.2, 0) is 9.59 Å². The zero-order valence-corrected chi connectivity index (χ0v) is 19.4. The van der Waals surface area contributed by atoms with Gasteiger partial charge in [-0.2, -0.15) is 0 Å². The van der Waals surface area contributed by atoms with Crippen LogP contribution in [0.1, 0.15) is 58.2 Å². The summed E-state index contributed by atoms with van der Waals surface area (Å²) in [6.45, 7) is 4.19. The molecule has 2 atom stereocenters. The third-order valence-electron chi connectivity index (χ3n) is 6.43. The standard InChI is InChI=1S/C27H32N4O2/c1-3-4-16-28-26(32)20-10-7-9-19(12-13-20)25-30-23-15-14-21(17-24(23)31-25)29-27(33)22-11-6-5-8-18(22)2/h4,7,9,12-18,22H,3,5-6,8,10-11H2,1-2H3,(H,28,32)(H,29,33)(H,30,31)/b16-4+. The maximum absolute atomic E-state index is 12.8. The molecule has 1 aromatic heterocycles. The smallest absolute Gasteiger partial charge is 0.251 e. The minimum atomic E-state index is -0.0980. The molecule has 2 aliphatic rings. The van der Waals surface area contributed by atoms with E-state index in [1.54, 1.807) is 6.20 Å². The van der Waals surface area contributed by atoms with Crippen molar-refractivity contribution in [1.29, 1.82) is 0 Å². The largest absolute Gasteiger partial charge is 0.338 e. The average molecular weight is 445 g/mol. The number of nitrogens with one attached hydrogen (secondary N) is 3. The lowest BCUT2D eigenvalue weighted by atomic mass is 9.80. The molecule has 172 valence electrons. The first kappa shape index (κ1) is 22.8. The summed E-state index contributed by atoms with van der Waals surface area (Å²) in [5.41, 5.74) is 4.08. The van der Waals surface area contributed by atoms with Crippen LogP contribution in [0.4, 0.5) is 5.69 Å². The van der Waals surface area contributed by atoms with Gasteiger partial charge in [0.2, 0.25) is 5.91 Å². The molecule has 0 radical (unpaired) electrons. The third kappa shape index (κ3) is 5.51. The Kier molecular flexibility index (Phi) is 7.23. The maximum atomic E-state index is 12.8. The molecule has 0 bridgehead atoms. The molecule has 1 fully saturated rings. The number of nitrogens with zero attached hydrogens (tertiary/aromatic N) is 1. The first-order valence-corrected chi connectivity index (χ1v) is 11.9. The van der Waals surface area contributed by atoms with Crippen molar-refractivity contribution in [3.63, 3.8) is 0 Å². The molecule has 6 nitrogen and oxygen atoms in total. The number of H-pyrrole nitrogens is 1. The number of benzene rings is 1. The van der Waals surface area contributed by atoms with Crippen molar-refractivity contribution in [2.45, 2.75) is 52.4 Å². The van der Waals surface area contributed by atoms with Crippen LogP contribution in [0.5, 0.6) is 0 Å². The van der Waals surface area contributed by atoms with Gasteiger partial charge in [-0.05, 0) is 49.8 Å². The summed E-state index contributed by atoms with van der Waals surface area (Å²) in [6, 6.07) is 5.76. The van der Waals surface area contributed by atoms with Crippen LogP contribution in [0.15, 0.2) is 60.4 Å². The fourth-order valence-corrected chi connectivity index (χ4v) is 4.46. The molecule has 2 aliphatic carbocycles. The second kappa shape index (κ2) is 10.5. The molecule has 33 heavy (non-hydrogen) atoms. The summed E-state index contributed by atoms with van der Waals surface area (Å²) >= 11 is 0. The van der Waals surface area contributed by atoms with Gasteiger partial charge in [-0.3, -0.25) is 9.59 Å². The van der Waals surface area contributed by atoms with E-state index in [0.29, 0.717) is 17.9 Å². The van der Waals surface area contributed by atoms with Crippen LogP contribution in [-0.4, -0.2) is 21.8 Å². The van der Waals surface area contributed by atoms with E-state index in [4.69, 9.17) is 4.98 Å². The van der Waals surface area contributed by atoms with Crippen LogP contribution in [0.25, 0.3) is 16.6 Å². The predicted molar refractivity (Wildman–Crippen MR) is 133 cm³/mol. The number of allylic oxidation sites excluding steroid dienone is 6. The molecule has 2 unspecified atom stereocenters. The van der Waals surface area contributed by atoms with Gasteiger partial charge < -0.3 is 15.6 Å². The van der Waals surface area contributed by atoms with Crippen molar-refractivity contribution in [2.24, 2.45) is 11.8 Å². The molecule has 3 N–H and O–H groups in total. The van der Waals surface area contributed by atoms with E-state index in [9.17, 15) is 9.59 Å². The summed E-state index contributed by atoms with van der Waals surface area (Å²) < 4.78 is 0. The number of carbonyl (C=O) groups excluding carboxylic acids is 2. The maximum Gasteiger partial charge on any atom is 0.251 e.